The number of urea groups is 1. The number of carboxylic acids is 1. The smallest absolute Gasteiger partial charge is 0.326 e. The molecule has 3 amide bonds. The number of rotatable bonds is 7. The molecule has 0 spiro atoms. The predicted molar refractivity (Wildman–Crippen MR) is 65.8 cm³/mol. The molecule has 0 saturated carbocycles. The summed E-state index contributed by atoms with van der Waals surface area (Å²) in [5.74, 6) is -1.55. The molecule has 0 aliphatic carbocycles. The van der Waals surface area contributed by atoms with Crippen LogP contribution >= 0.6 is 0 Å². The van der Waals surface area contributed by atoms with E-state index < -0.39 is 23.9 Å². The molecule has 0 rings (SSSR count). The van der Waals surface area contributed by atoms with Crippen LogP contribution in [0.1, 0.15) is 33.6 Å². The van der Waals surface area contributed by atoms with Crippen molar-refractivity contribution < 1.29 is 19.5 Å². The Morgan fingerprint density at radius 1 is 1.17 bits per heavy atom. The number of nitrogens with two attached hydrogens (primary N) is 1. The zero-order valence-corrected chi connectivity index (χ0v) is 10.9. The minimum Gasteiger partial charge on any atom is -0.480 e. The molecule has 1 unspecified atom stereocenters. The molecular weight excluding hydrogens is 238 g/mol. The molecule has 0 radical (unpaired) electrons. The number of aliphatic carboxylic acids is 1. The summed E-state index contributed by atoms with van der Waals surface area (Å²) in [6, 6.07) is -1.75. The van der Waals surface area contributed by atoms with Crippen LogP contribution < -0.4 is 16.4 Å². The highest BCUT2D eigenvalue weighted by atomic mass is 16.4. The maximum atomic E-state index is 11.5. The van der Waals surface area contributed by atoms with Crippen molar-refractivity contribution in [2.75, 3.05) is 0 Å². The average molecular weight is 259 g/mol. The Balaban J connectivity index is 4.28. The molecular formula is C11H21N3O4. The van der Waals surface area contributed by atoms with Crippen LogP contribution in [0.2, 0.25) is 0 Å². The van der Waals surface area contributed by atoms with Gasteiger partial charge in [-0.2, -0.15) is 0 Å². The molecule has 0 aromatic carbocycles. The minimum absolute atomic E-state index is 0.0197. The van der Waals surface area contributed by atoms with Crippen molar-refractivity contribution >= 4 is 17.9 Å². The Morgan fingerprint density at radius 2 is 1.72 bits per heavy atom. The number of hydrogen-bond acceptors (Lipinski definition) is 3. The van der Waals surface area contributed by atoms with Gasteiger partial charge in [-0.1, -0.05) is 13.8 Å². The van der Waals surface area contributed by atoms with Gasteiger partial charge in [0.2, 0.25) is 5.91 Å². The quantitative estimate of drug-likeness (QED) is 0.516. The summed E-state index contributed by atoms with van der Waals surface area (Å²) in [4.78, 5) is 33.0. The summed E-state index contributed by atoms with van der Waals surface area (Å²) >= 11 is 0. The molecule has 7 heteroatoms. The minimum atomic E-state index is -1.19. The molecule has 0 aliphatic rings. The Bertz CT molecular complexity index is 317. The number of amides is 3. The highest BCUT2D eigenvalue weighted by molar-refractivity contribution is 5.83. The van der Waals surface area contributed by atoms with E-state index in [9.17, 15) is 14.4 Å². The first-order valence-electron chi connectivity index (χ1n) is 5.82. The first kappa shape index (κ1) is 16.2. The van der Waals surface area contributed by atoms with E-state index >= 15 is 0 Å². The SMILES string of the molecule is CC(C)C(C)NC(=O)N[C@H](CCC(N)=O)C(=O)O. The Kier molecular flexibility index (Phi) is 6.77. The van der Waals surface area contributed by atoms with Gasteiger partial charge in [0.15, 0.2) is 0 Å². The lowest BCUT2D eigenvalue weighted by atomic mass is 10.1. The highest BCUT2D eigenvalue weighted by Crippen LogP contribution is 2.01. The van der Waals surface area contributed by atoms with Gasteiger partial charge in [0, 0.05) is 12.5 Å². The molecule has 7 nitrogen and oxygen atoms in total. The third-order valence-electron chi connectivity index (χ3n) is 2.64. The molecule has 104 valence electrons. The van der Waals surface area contributed by atoms with Crippen molar-refractivity contribution in [1.29, 1.82) is 0 Å². The number of carboxylic acid groups (broad SMARTS) is 1. The number of carbonyl (C=O) groups excluding carboxylic acids is 2. The normalized spacial score (nSPS) is 13.8. The summed E-state index contributed by atoms with van der Waals surface area (Å²) < 4.78 is 0. The fourth-order valence-corrected chi connectivity index (χ4v) is 1.12. The van der Waals surface area contributed by atoms with E-state index in [2.05, 4.69) is 10.6 Å². The summed E-state index contributed by atoms with van der Waals surface area (Å²) in [7, 11) is 0. The zero-order valence-electron chi connectivity index (χ0n) is 10.9. The first-order valence-corrected chi connectivity index (χ1v) is 5.82. The number of primary amides is 1. The van der Waals surface area contributed by atoms with Gasteiger partial charge < -0.3 is 21.5 Å². The van der Waals surface area contributed by atoms with Crippen LogP contribution in [0.15, 0.2) is 0 Å². The fourth-order valence-electron chi connectivity index (χ4n) is 1.12. The lowest BCUT2D eigenvalue weighted by Gasteiger charge is -2.20. The van der Waals surface area contributed by atoms with Crippen LogP contribution in [0.25, 0.3) is 0 Å². The van der Waals surface area contributed by atoms with E-state index in [0.29, 0.717) is 0 Å². The van der Waals surface area contributed by atoms with Gasteiger partial charge in [0.25, 0.3) is 0 Å². The maximum absolute atomic E-state index is 11.5. The van der Waals surface area contributed by atoms with Crippen LogP contribution in [-0.2, 0) is 9.59 Å². The fraction of sp³-hybridized carbons (Fsp3) is 0.727. The largest absolute Gasteiger partial charge is 0.480 e. The van der Waals surface area contributed by atoms with Crippen molar-refractivity contribution in [2.45, 2.75) is 45.7 Å². The second-order valence-corrected chi connectivity index (χ2v) is 4.55. The van der Waals surface area contributed by atoms with Crippen molar-refractivity contribution in [2.24, 2.45) is 11.7 Å². The van der Waals surface area contributed by atoms with Crippen LogP contribution in [0.3, 0.4) is 0 Å². The van der Waals surface area contributed by atoms with Crippen molar-refractivity contribution in [3.8, 4) is 0 Å². The van der Waals surface area contributed by atoms with E-state index in [1.807, 2.05) is 20.8 Å². The Hall–Kier alpha value is -1.79. The zero-order chi connectivity index (χ0) is 14.3. The van der Waals surface area contributed by atoms with Gasteiger partial charge in [0.05, 0.1) is 0 Å². The molecule has 0 bridgehead atoms. The van der Waals surface area contributed by atoms with Gasteiger partial charge >= 0.3 is 12.0 Å². The van der Waals surface area contributed by atoms with Crippen LogP contribution in [0.4, 0.5) is 4.79 Å². The van der Waals surface area contributed by atoms with Crippen LogP contribution in [0.5, 0.6) is 0 Å². The van der Waals surface area contributed by atoms with Crippen molar-refractivity contribution in [3.05, 3.63) is 0 Å². The average Bonchev–Trinajstić information content (AvgIpc) is 2.23. The Morgan fingerprint density at radius 3 is 2.11 bits per heavy atom. The molecule has 0 aromatic heterocycles. The van der Waals surface area contributed by atoms with Crippen molar-refractivity contribution in [3.63, 3.8) is 0 Å². The monoisotopic (exact) mass is 259 g/mol. The molecule has 0 heterocycles. The van der Waals surface area contributed by atoms with E-state index in [0.717, 1.165) is 0 Å². The van der Waals surface area contributed by atoms with E-state index in [1.54, 1.807) is 0 Å². The second kappa shape index (κ2) is 7.52. The summed E-state index contributed by atoms with van der Waals surface area (Å²) in [6.45, 7) is 5.70. The number of hydrogen-bond donors (Lipinski definition) is 4. The topological polar surface area (TPSA) is 122 Å². The third kappa shape index (κ3) is 6.72. The van der Waals surface area contributed by atoms with Crippen LogP contribution in [0, 0.1) is 5.92 Å². The predicted octanol–water partition coefficient (Wildman–Crippen LogP) is 0.0488. The van der Waals surface area contributed by atoms with Gasteiger partial charge in [-0.15, -0.1) is 0 Å². The summed E-state index contributed by atoms with van der Waals surface area (Å²) in [6.07, 6.45) is -0.106. The number of carbonyl (C=O) groups is 3. The Labute approximate surface area is 106 Å². The standard InChI is InChI=1S/C11H21N3O4/c1-6(2)7(3)13-11(18)14-8(10(16)17)4-5-9(12)15/h6-8H,4-5H2,1-3H3,(H2,12,15)(H,16,17)(H2,13,14,18)/t7?,8-/m1/s1. The summed E-state index contributed by atoms with van der Waals surface area (Å²) in [5, 5.41) is 13.8. The molecule has 0 aliphatic heterocycles. The maximum Gasteiger partial charge on any atom is 0.326 e. The first-order chi connectivity index (χ1) is 8.23. The lowest BCUT2D eigenvalue weighted by molar-refractivity contribution is -0.139. The molecule has 0 saturated heterocycles. The molecule has 5 N–H and O–H groups in total. The van der Waals surface area contributed by atoms with Crippen molar-refractivity contribution in [1.82, 2.24) is 10.6 Å². The van der Waals surface area contributed by atoms with Gasteiger partial charge in [-0.3, -0.25) is 4.79 Å². The highest BCUT2D eigenvalue weighted by Gasteiger charge is 2.21. The van der Waals surface area contributed by atoms with E-state index in [-0.39, 0.29) is 24.8 Å². The van der Waals surface area contributed by atoms with Gasteiger partial charge in [-0.25, -0.2) is 9.59 Å². The van der Waals surface area contributed by atoms with Gasteiger partial charge in [0.1, 0.15) is 6.04 Å². The second-order valence-electron chi connectivity index (χ2n) is 4.55. The van der Waals surface area contributed by atoms with E-state index in [1.165, 1.54) is 0 Å². The third-order valence-corrected chi connectivity index (χ3v) is 2.64. The van der Waals surface area contributed by atoms with Crippen LogP contribution in [-0.4, -0.2) is 35.1 Å². The molecule has 2 atom stereocenters. The molecule has 0 fully saturated rings. The molecule has 18 heavy (non-hydrogen) atoms. The number of nitrogens with one attached hydrogen (secondary N) is 2. The van der Waals surface area contributed by atoms with E-state index in [4.69, 9.17) is 10.8 Å². The van der Waals surface area contributed by atoms with Gasteiger partial charge in [-0.05, 0) is 19.3 Å². The summed E-state index contributed by atoms with van der Waals surface area (Å²) in [5.41, 5.74) is 4.93. The lowest BCUT2D eigenvalue weighted by Crippen LogP contribution is -2.49. The molecule has 0 aromatic rings.